The average molecular weight is 176 g/mol. The monoisotopic (exact) mass is 176 g/mol. The Morgan fingerprint density at radius 2 is 2.08 bits per heavy atom. The van der Waals surface area contributed by atoms with Crippen LogP contribution in [-0.4, -0.2) is 10.1 Å². The number of aromatic nitrogens is 2. The van der Waals surface area contributed by atoms with Gasteiger partial charge in [0.1, 0.15) is 11.8 Å². The van der Waals surface area contributed by atoms with Gasteiger partial charge in [0.05, 0.1) is 6.20 Å². The third kappa shape index (κ3) is 1.41. The molecule has 68 valence electrons. The summed E-state index contributed by atoms with van der Waals surface area (Å²) in [6, 6.07) is 2.02. The fourth-order valence-electron chi connectivity index (χ4n) is 1.18. The van der Waals surface area contributed by atoms with E-state index in [1.807, 2.05) is 6.07 Å². The van der Waals surface area contributed by atoms with Crippen LogP contribution < -0.4 is 0 Å². The van der Waals surface area contributed by atoms with Crippen molar-refractivity contribution in [3.63, 3.8) is 0 Å². The van der Waals surface area contributed by atoms with E-state index in [1.54, 1.807) is 12.5 Å². The summed E-state index contributed by atoms with van der Waals surface area (Å²) >= 11 is 0. The zero-order valence-corrected chi connectivity index (χ0v) is 8.03. The maximum atomic E-state index is 4.84. The van der Waals surface area contributed by atoms with Crippen molar-refractivity contribution in [2.24, 2.45) is 0 Å². The van der Waals surface area contributed by atoms with Gasteiger partial charge >= 0.3 is 0 Å². The quantitative estimate of drug-likeness (QED) is 0.619. The van der Waals surface area contributed by atoms with Crippen molar-refractivity contribution in [2.45, 2.75) is 26.2 Å². The van der Waals surface area contributed by atoms with E-state index in [4.69, 9.17) is 4.52 Å². The molecule has 0 spiro atoms. The van der Waals surface area contributed by atoms with E-state index in [0.717, 1.165) is 16.6 Å². The van der Waals surface area contributed by atoms with Crippen LogP contribution in [0.15, 0.2) is 23.0 Å². The number of hydrogen-bond donors (Lipinski definition) is 0. The highest BCUT2D eigenvalue weighted by Crippen LogP contribution is 2.22. The van der Waals surface area contributed by atoms with Crippen LogP contribution in [0.1, 0.15) is 26.5 Å². The molecule has 0 aliphatic carbocycles. The number of pyridine rings is 1. The molecule has 0 aliphatic heterocycles. The van der Waals surface area contributed by atoms with Crippen LogP contribution in [0.3, 0.4) is 0 Å². The molecule has 0 saturated heterocycles. The predicted octanol–water partition coefficient (Wildman–Crippen LogP) is 2.52. The normalized spacial score (nSPS) is 12.2. The topological polar surface area (TPSA) is 38.9 Å². The van der Waals surface area contributed by atoms with Crippen molar-refractivity contribution in [2.75, 3.05) is 0 Å². The Bertz CT molecular complexity index is 426. The van der Waals surface area contributed by atoms with Crippen molar-refractivity contribution in [3.8, 4) is 0 Å². The first kappa shape index (κ1) is 8.23. The maximum absolute atomic E-state index is 4.84. The Hall–Kier alpha value is -1.38. The van der Waals surface area contributed by atoms with Crippen molar-refractivity contribution in [1.29, 1.82) is 0 Å². The summed E-state index contributed by atoms with van der Waals surface area (Å²) in [4.78, 5) is 4.33. The second-order valence-electron chi connectivity index (χ2n) is 4.19. The summed E-state index contributed by atoms with van der Waals surface area (Å²) < 4.78 is 4.84. The van der Waals surface area contributed by atoms with E-state index in [0.29, 0.717) is 0 Å². The van der Waals surface area contributed by atoms with Crippen molar-refractivity contribution in [1.82, 2.24) is 10.1 Å². The van der Waals surface area contributed by atoms with E-state index in [-0.39, 0.29) is 5.41 Å². The van der Waals surface area contributed by atoms with Gasteiger partial charge in [0.15, 0.2) is 0 Å². The Morgan fingerprint density at radius 1 is 1.31 bits per heavy atom. The van der Waals surface area contributed by atoms with Crippen molar-refractivity contribution in [3.05, 3.63) is 24.2 Å². The second-order valence-corrected chi connectivity index (χ2v) is 4.19. The van der Waals surface area contributed by atoms with Gasteiger partial charge in [-0.15, -0.1) is 0 Å². The third-order valence-corrected chi connectivity index (χ3v) is 2.01. The number of nitrogens with zero attached hydrogens (tertiary/aromatic N) is 2. The van der Waals surface area contributed by atoms with E-state index in [1.165, 1.54) is 0 Å². The highest BCUT2D eigenvalue weighted by atomic mass is 16.5. The molecule has 2 rings (SSSR count). The van der Waals surface area contributed by atoms with Crippen molar-refractivity contribution >= 4 is 10.9 Å². The minimum Gasteiger partial charge on any atom is -0.363 e. The Morgan fingerprint density at radius 3 is 2.77 bits per heavy atom. The smallest absolute Gasteiger partial charge is 0.132 e. The number of fused-ring (bicyclic) bond motifs is 1. The highest BCUT2D eigenvalue weighted by Gasteiger charge is 2.15. The lowest BCUT2D eigenvalue weighted by Crippen LogP contribution is -2.12. The van der Waals surface area contributed by atoms with Crippen LogP contribution in [0.25, 0.3) is 10.9 Å². The molecule has 13 heavy (non-hydrogen) atoms. The van der Waals surface area contributed by atoms with Crippen LogP contribution in [0.5, 0.6) is 0 Å². The molecular weight excluding hydrogens is 164 g/mol. The molecule has 0 aromatic carbocycles. The molecule has 0 N–H and O–H groups in total. The lowest BCUT2D eigenvalue weighted by atomic mass is 9.91. The summed E-state index contributed by atoms with van der Waals surface area (Å²) in [7, 11) is 0. The van der Waals surface area contributed by atoms with Gasteiger partial charge in [-0.25, -0.2) is 0 Å². The molecule has 0 atom stereocenters. The van der Waals surface area contributed by atoms with Gasteiger partial charge in [0, 0.05) is 16.5 Å². The minimum atomic E-state index is 0.0749. The Labute approximate surface area is 76.8 Å². The summed E-state index contributed by atoms with van der Waals surface area (Å²) in [5.41, 5.74) is 1.95. The SMILES string of the molecule is CC(C)(C)c1cc2conc2cn1. The van der Waals surface area contributed by atoms with Crippen LogP contribution in [0, 0.1) is 0 Å². The van der Waals surface area contributed by atoms with E-state index in [2.05, 4.69) is 30.9 Å². The van der Waals surface area contributed by atoms with Gasteiger partial charge in [0.2, 0.25) is 0 Å². The molecule has 0 bridgehead atoms. The molecule has 3 heteroatoms. The molecule has 0 radical (unpaired) electrons. The van der Waals surface area contributed by atoms with Crippen LogP contribution in [0.2, 0.25) is 0 Å². The largest absolute Gasteiger partial charge is 0.363 e. The molecule has 0 fully saturated rings. The number of rotatable bonds is 0. The standard InChI is InChI=1S/C10H12N2O/c1-10(2,3)9-4-7-6-13-12-8(7)5-11-9/h4-6H,1-3H3. The molecule has 2 heterocycles. The van der Waals surface area contributed by atoms with Crippen LogP contribution in [0.4, 0.5) is 0 Å². The lowest BCUT2D eigenvalue weighted by Gasteiger charge is -2.16. The molecule has 3 nitrogen and oxygen atoms in total. The Kier molecular flexibility index (Phi) is 1.62. The van der Waals surface area contributed by atoms with Gasteiger partial charge < -0.3 is 4.52 Å². The first-order chi connectivity index (χ1) is 6.07. The van der Waals surface area contributed by atoms with Crippen molar-refractivity contribution < 1.29 is 4.52 Å². The maximum Gasteiger partial charge on any atom is 0.132 e. The van der Waals surface area contributed by atoms with E-state index < -0.39 is 0 Å². The van der Waals surface area contributed by atoms with Crippen LogP contribution in [-0.2, 0) is 5.41 Å². The third-order valence-electron chi connectivity index (χ3n) is 2.01. The zero-order valence-electron chi connectivity index (χ0n) is 8.03. The molecule has 2 aromatic heterocycles. The molecule has 0 unspecified atom stereocenters. The van der Waals surface area contributed by atoms with Crippen LogP contribution >= 0.6 is 0 Å². The Balaban J connectivity index is 2.61. The molecule has 0 saturated carbocycles. The summed E-state index contributed by atoms with van der Waals surface area (Å²) in [5.74, 6) is 0. The lowest BCUT2D eigenvalue weighted by molar-refractivity contribution is 0.428. The second kappa shape index (κ2) is 2.55. The summed E-state index contributed by atoms with van der Waals surface area (Å²) in [6.45, 7) is 6.40. The summed E-state index contributed by atoms with van der Waals surface area (Å²) in [6.07, 6.45) is 3.39. The first-order valence-corrected chi connectivity index (χ1v) is 4.28. The van der Waals surface area contributed by atoms with Gasteiger partial charge in [-0.1, -0.05) is 25.9 Å². The summed E-state index contributed by atoms with van der Waals surface area (Å²) in [5, 5.41) is 4.82. The van der Waals surface area contributed by atoms with Gasteiger partial charge in [0.25, 0.3) is 0 Å². The zero-order chi connectivity index (χ0) is 9.47. The first-order valence-electron chi connectivity index (χ1n) is 4.28. The molecule has 0 aliphatic rings. The van der Waals surface area contributed by atoms with Gasteiger partial charge in [-0.2, -0.15) is 0 Å². The fourth-order valence-corrected chi connectivity index (χ4v) is 1.18. The predicted molar refractivity (Wildman–Crippen MR) is 50.5 cm³/mol. The minimum absolute atomic E-state index is 0.0749. The fraction of sp³-hybridized carbons (Fsp3) is 0.400. The van der Waals surface area contributed by atoms with E-state index >= 15 is 0 Å². The highest BCUT2D eigenvalue weighted by molar-refractivity contribution is 5.76. The van der Waals surface area contributed by atoms with Gasteiger partial charge in [-0.3, -0.25) is 4.98 Å². The average Bonchev–Trinajstić information content (AvgIpc) is 2.47. The molecular formula is C10H12N2O. The molecule has 2 aromatic rings. The van der Waals surface area contributed by atoms with Gasteiger partial charge in [-0.05, 0) is 6.07 Å². The number of hydrogen-bond acceptors (Lipinski definition) is 3. The molecule has 0 amide bonds. The van der Waals surface area contributed by atoms with E-state index in [9.17, 15) is 0 Å².